The van der Waals surface area contributed by atoms with Crippen LogP contribution in [0.15, 0.2) is 223 Å². The van der Waals surface area contributed by atoms with Crippen LogP contribution in [0.4, 0.5) is 0 Å². The van der Waals surface area contributed by atoms with Crippen LogP contribution in [0, 0.1) is 11.3 Å². The molecular formula is C62H36N4O. The molecule has 0 aliphatic rings. The second kappa shape index (κ2) is 15.5. The molecule has 13 aromatic rings. The highest BCUT2D eigenvalue weighted by molar-refractivity contribution is 6.25. The summed E-state index contributed by atoms with van der Waals surface area (Å²) < 4.78 is 6.16. The van der Waals surface area contributed by atoms with Gasteiger partial charge in [-0.3, -0.25) is 0 Å². The van der Waals surface area contributed by atoms with Crippen molar-refractivity contribution in [2.75, 3.05) is 0 Å². The maximum atomic E-state index is 9.51. The molecule has 0 radical (unpaired) electrons. The molecule has 0 aliphatic heterocycles. The molecule has 0 saturated carbocycles. The average Bonchev–Trinajstić information content (AvgIpc) is 3.78. The van der Waals surface area contributed by atoms with Crippen molar-refractivity contribution in [3.63, 3.8) is 0 Å². The van der Waals surface area contributed by atoms with E-state index in [0.29, 0.717) is 23.0 Å². The topological polar surface area (TPSA) is 75.6 Å². The largest absolute Gasteiger partial charge is 0.456 e. The summed E-state index contributed by atoms with van der Waals surface area (Å²) in [5, 5.41) is 21.1. The number of nitrogens with zero attached hydrogens (tertiary/aromatic N) is 4. The number of hydrogen-bond acceptors (Lipinski definition) is 5. The third kappa shape index (κ3) is 6.43. The van der Waals surface area contributed by atoms with E-state index in [1.807, 2.05) is 72.8 Å². The van der Waals surface area contributed by atoms with Crippen molar-refractivity contribution in [1.29, 1.82) is 5.26 Å². The van der Waals surface area contributed by atoms with Crippen LogP contribution in [0.2, 0.25) is 0 Å². The molecule has 5 heteroatoms. The van der Waals surface area contributed by atoms with Crippen LogP contribution in [0.1, 0.15) is 5.56 Å². The van der Waals surface area contributed by atoms with Gasteiger partial charge >= 0.3 is 0 Å². The Hall–Kier alpha value is -9.24. The predicted molar refractivity (Wildman–Crippen MR) is 274 cm³/mol. The molecule has 5 nitrogen and oxygen atoms in total. The van der Waals surface area contributed by atoms with E-state index < -0.39 is 0 Å². The lowest BCUT2D eigenvalue weighted by molar-refractivity contribution is 0.669. The van der Waals surface area contributed by atoms with E-state index in [-0.39, 0.29) is 0 Å². The first-order valence-electron chi connectivity index (χ1n) is 22.4. The van der Waals surface area contributed by atoms with Gasteiger partial charge in [0.15, 0.2) is 17.5 Å². The van der Waals surface area contributed by atoms with Crippen LogP contribution in [-0.4, -0.2) is 15.0 Å². The smallest absolute Gasteiger partial charge is 0.164 e. The van der Waals surface area contributed by atoms with Crippen LogP contribution in [0.25, 0.3) is 133 Å². The molecule has 0 bridgehead atoms. The van der Waals surface area contributed by atoms with E-state index in [0.717, 1.165) is 66.3 Å². The second-order valence-electron chi connectivity index (χ2n) is 17.0. The minimum absolute atomic E-state index is 0.595. The van der Waals surface area contributed by atoms with Crippen LogP contribution in [-0.2, 0) is 0 Å². The number of hydrogen-bond donors (Lipinski definition) is 0. The van der Waals surface area contributed by atoms with Gasteiger partial charge in [0.2, 0.25) is 0 Å². The Balaban J connectivity index is 0.956. The van der Waals surface area contributed by atoms with Crippen molar-refractivity contribution in [3.8, 4) is 73.6 Å². The third-order valence-corrected chi connectivity index (χ3v) is 13.2. The molecular weight excluding hydrogens is 817 g/mol. The number of furan rings is 1. The minimum atomic E-state index is 0.595. The molecule has 0 atom stereocenters. The zero-order chi connectivity index (χ0) is 44.4. The zero-order valence-corrected chi connectivity index (χ0v) is 36.0. The summed E-state index contributed by atoms with van der Waals surface area (Å²) in [6.07, 6.45) is 0. The lowest BCUT2D eigenvalue weighted by atomic mass is 9.85. The molecule has 2 heterocycles. The summed E-state index contributed by atoms with van der Waals surface area (Å²) in [6, 6.07) is 78.5. The molecule has 11 aromatic carbocycles. The van der Waals surface area contributed by atoms with Crippen molar-refractivity contribution in [1.82, 2.24) is 15.0 Å². The van der Waals surface area contributed by atoms with Crippen LogP contribution < -0.4 is 0 Å². The van der Waals surface area contributed by atoms with Gasteiger partial charge in [0, 0.05) is 27.5 Å². The Kier molecular flexibility index (Phi) is 8.84. The predicted octanol–water partition coefficient (Wildman–Crippen LogP) is 16.3. The Labute approximate surface area is 385 Å². The van der Waals surface area contributed by atoms with Gasteiger partial charge < -0.3 is 4.42 Å². The van der Waals surface area contributed by atoms with Gasteiger partial charge in [-0.25, -0.2) is 15.0 Å². The summed E-state index contributed by atoms with van der Waals surface area (Å²) in [4.78, 5) is 15.3. The van der Waals surface area contributed by atoms with Crippen LogP contribution >= 0.6 is 0 Å². The van der Waals surface area contributed by atoms with Gasteiger partial charge in [-0.05, 0) is 131 Å². The van der Waals surface area contributed by atoms with Gasteiger partial charge in [-0.2, -0.15) is 5.26 Å². The standard InChI is InChI=1S/C62H36N4O/c63-37-38-25-27-39(28-26-38)53-35-55-50-22-9-8-21-49(50)54(36-56(55)48-20-7-6-19-47(48)53)51-31-30-44(45-17-4-5-18-46(45)51)41-15-12-16-42(33-41)61-64-60(40-13-2-1-3-14-40)65-62(66-61)43-29-32-59-57(34-43)52-23-10-11-24-58(52)67-59/h1-36H. The summed E-state index contributed by atoms with van der Waals surface area (Å²) in [7, 11) is 0. The number of aromatic nitrogens is 3. The molecule has 0 aliphatic carbocycles. The Bertz CT molecular complexity index is 4170. The Morgan fingerprint density at radius 3 is 1.45 bits per heavy atom. The first kappa shape index (κ1) is 38.2. The van der Waals surface area contributed by atoms with E-state index in [1.165, 1.54) is 48.8 Å². The fraction of sp³-hybridized carbons (Fsp3) is 0. The first-order valence-corrected chi connectivity index (χ1v) is 22.4. The number of rotatable bonds is 6. The molecule has 0 unspecified atom stereocenters. The number of nitriles is 1. The molecule has 0 fully saturated rings. The van der Waals surface area contributed by atoms with Crippen molar-refractivity contribution in [2.45, 2.75) is 0 Å². The van der Waals surface area contributed by atoms with Crippen molar-refractivity contribution >= 4 is 65.0 Å². The zero-order valence-electron chi connectivity index (χ0n) is 36.0. The monoisotopic (exact) mass is 852 g/mol. The fourth-order valence-corrected chi connectivity index (χ4v) is 9.96. The molecule has 0 amide bonds. The highest BCUT2D eigenvalue weighted by Crippen LogP contribution is 2.45. The summed E-state index contributed by atoms with van der Waals surface area (Å²) in [5.41, 5.74) is 11.8. The summed E-state index contributed by atoms with van der Waals surface area (Å²) in [5.74, 6) is 1.80. The van der Waals surface area contributed by atoms with Gasteiger partial charge in [-0.1, -0.05) is 164 Å². The van der Waals surface area contributed by atoms with Gasteiger partial charge in [0.1, 0.15) is 11.2 Å². The maximum Gasteiger partial charge on any atom is 0.164 e. The Morgan fingerprint density at radius 2 is 0.761 bits per heavy atom. The quantitative estimate of drug-likeness (QED) is 0.156. The van der Waals surface area contributed by atoms with Crippen molar-refractivity contribution in [2.24, 2.45) is 0 Å². The molecule has 13 rings (SSSR count). The first-order chi connectivity index (χ1) is 33.1. The fourth-order valence-electron chi connectivity index (χ4n) is 9.96. The lowest BCUT2D eigenvalue weighted by Crippen LogP contribution is -2.00. The number of benzene rings is 11. The maximum absolute atomic E-state index is 9.51. The number of fused-ring (bicyclic) bond motifs is 9. The summed E-state index contributed by atoms with van der Waals surface area (Å²) in [6.45, 7) is 0. The van der Waals surface area contributed by atoms with Crippen LogP contribution in [0.3, 0.4) is 0 Å². The van der Waals surface area contributed by atoms with E-state index in [1.54, 1.807) is 0 Å². The van der Waals surface area contributed by atoms with E-state index in [4.69, 9.17) is 19.4 Å². The van der Waals surface area contributed by atoms with Crippen molar-refractivity contribution in [3.05, 3.63) is 224 Å². The molecule has 0 N–H and O–H groups in total. The number of para-hydroxylation sites is 1. The SMILES string of the molecule is N#Cc1ccc(-c2cc3c4ccccc4c(-c4ccc(-c5cccc(-c6nc(-c7ccccc7)nc(-c7ccc8oc9ccccc9c8c7)n6)c5)c5ccccc45)cc3c3ccccc23)cc1. The molecule has 2 aromatic heterocycles. The third-order valence-electron chi connectivity index (χ3n) is 13.2. The highest BCUT2D eigenvalue weighted by atomic mass is 16.3. The molecule has 0 spiro atoms. The molecule has 0 saturated heterocycles. The van der Waals surface area contributed by atoms with E-state index in [2.05, 4.69) is 152 Å². The lowest BCUT2D eigenvalue weighted by Gasteiger charge is -2.18. The van der Waals surface area contributed by atoms with Gasteiger partial charge in [0.25, 0.3) is 0 Å². The molecule has 310 valence electrons. The van der Waals surface area contributed by atoms with E-state index >= 15 is 0 Å². The molecule has 67 heavy (non-hydrogen) atoms. The normalized spacial score (nSPS) is 11.6. The minimum Gasteiger partial charge on any atom is -0.456 e. The Morgan fingerprint density at radius 1 is 0.284 bits per heavy atom. The van der Waals surface area contributed by atoms with Gasteiger partial charge in [-0.15, -0.1) is 0 Å². The van der Waals surface area contributed by atoms with Crippen LogP contribution in [0.5, 0.6) is 0 Å². The van der Waals surface area contributed by atoms with Gasteiger partial charge in [0.05, 0.1) is 11.6 Å². The summed E-state index contributed by atoms with van der Waals surface area (Å²) >= 11 is 0. The highest BCUT2D eigenvalue weighted by Gasteiger charge is 2.19. The second-order valence-corrected chi connectivity index (χ2v) is 17.0. The average molecular weight is 853 g/mol. The van der Waals surface area contributed by atoms with Crippen molar-refractivity contribution < 1.29 is 4.42 Å². The van der Waals surface area contributed by atoms with E-state index in [9.17, 15) is 5.26 Å².